The Labute approximate surface area is 112 Å². The van der Waals surface area contributed by atoms with Gasteiger partial charge in [-0.1, -0.05) is 45.4 Å². The highest BCUT2D eigenvalue weighted by atomic mass is 35.5. The van der Waals surface area contributed by atoms with E-state index in [4.69, 9.17) is 11.6 Å². The van der Waals surface area contributed by atoms with Crippen molar-refractivity contribution in [3.63, 3.8) is 0 Å². The van der Waals surface area contributed by atoms with E-state index >= 15 is 0 Å². The molecule has 0 fully saturated rings. The number of halogens is 1. The molecule has 0 unspecified atom stereocenters. The van der Waals surface area contributed by atoms with Gasteiger partial charge in [0.1, 0.15) is 0 Å². The van der Waals surface area contributed by atoms with E-state index in [0.717, 1.165) is 13.0 Å². The number of rotatable bonds is 11. The normalized spacial score (nSPS) is 10.5. The lowest BCUT2D eigenvalue weighted by atomic mass is 10.1. The van der Waals surface area contributed by atoms with Crippen molar-refractivity contribution in [2.24, 2.45) is 0 Å². The van der Waals surface area contributed by atoms with E-state index in [0.29, 0.717) is 18.8 Å². The van der Waals surface area contributed by atoms with E-state index in [2.05, 4.69) is 6.92 Å². The highest BCUT2D eigenvalue weighted by molar-refractivity contribution is 6.18. The number of alkyl halides is 1. The fraction of sp³-hybridized carbons (Fsp3) is 0.929. The molecule has 1 amide bonds. The molecule has 0 aromatic carbocycles. The summed E-state index contributed by atoms with van der Waals surface area (Å²) in [4.78, 5) is 13.6. The van der Waals surface area contributed by atoms with Crippen molar-refractivity contribution in [3.05, 3.63) is 0 Å². The van der Waals surface area contributed by atoms with E-state index < -0.39 is 0 Å². The van der Waals surface area contributed by atoms with Crippen LogP contribution in [0.25, 0.3) is 0 Å². The molecule has 0 aromatic rings. The maximum Gasteiger partial charge on any atom is 0.222 e. The van der Waals surface area contributed by atoms with Crippen molar-refractivity contribution in [1.82, 2.24) is 4.90 Å². The number of amides is 1. The standard InChI is InChI=1S/C14H28ClNO/c1-3-5-6-7-8-9-10-11-14(17)16(4-2)13-12-15/h3-13H2,1-2H3. The summed E-state index contributed by atoms with van der Waals surface area (Å²) in [6, 6.07) is 0. The summed E-state index contributed by atoms with van der Waals surface area (Å²) in [5, 5.41) is 0. The first-order valence-electron chi connectivity index (χ1n) is 7.10. The third-order valence-electron chi connectivity index (χ3n) is 3.08. The molecule has 0 aliphatic heterocycles. The zero-order valence-electron chi connectivity index (χ0n) is 11.5. The number of hydrogen-bond acceptors (Lipinski definition) is 1. The molecule has 0 N–H and O–H groups in total. The molecule has 0 radical (unpaired) electrons. The first-order chi connectivity index (χ1) is 8.26. The van der Waals surface area contributed by atoms with Crippen molar-refractivity contribution in [2.45, 2.75) is 65.2 Å². The van der Waals surface area contributed by atoms with Crippen LogP contribution >= 0.6 is 11.6 Å². The Morgan fingerprint density at radius 3 is 2.12 bits per heavy atom. The largest absolute Gasteiger partial charge is 0.342 e. The molecule has 0 atom stereocenters. The van der Waals surface area contributed by atoms with Gasteiger partial charge in [-0.2, -0.15) is 0 Å². The van der Waals surface area contributed by atoms with Crippen LogP contribution in [0.4, 0.5) is 0 Å². The third kappa shape index (κ3) is 9.46. The first kappa shape index (κ1) is 16.8. The van der Waals surface area contributed by atoms with Crippen LogP contribution in [0, 0.1) is 0 Å². The van der Waals surface area contributed by atoms with Crippen molar-refractivity contribution in [1.29, 1.82) is 0 Å². The molecule has 0 heterocycles. The lowest BCUT2D eigenvalue weighted by molar-refractivity contribution is -0.130. The quantitative estimate of drug-likeness (QED) is 0.403. The van der Waals surface area contributed by atoms with Gasteiger partial charge in [0.2, 0.25) is 5.91 Å². The van der Waals surface area contributed by atoms with E-state index in [1.165, 1.54) is 38.5 Å². The monoisotopic (exact) mass is 261 g/mol. The van der Waals surface area contributed by atoms with Gasteiger partial charge < -0.3 is 4.90 Å². The predicted octanol–water partition coefficient (Wildman–Crippen LogP) is 4.21. The molecular weight excluding hydrogens is 234 g/mol. The fourth-order valence-corrected chi connectivity index (χ4v) is 2.16. The summed E-state index contributed by atoms with van der Waals surface area (Å²) in [7, 11) is 0. The van der Waals surface area contributed by atoms with Gasteiger partial charge in [0.05, 0.1) is 0 Å². The predicted molar refractivity (Wildman–Crippen MR) is 75.6 cm³/mol. The Balaban J connectivity index is 3.43. The Morgan fingerprint density at radius 2 is 1.59 bits per heavy atom. The number of unbranched alkanes of at least 4 members (excludes halogenated alkanes) is 6. The van der Waals surface area contributed by atoms with Crippen molar-refractivity contribution < 1.29 is 4.79 Å². The van der Waals surface area contributed by atoms with Crippen molar-refractivity contribution in [2.75, 3.05) is 19.0 Å². The summed E-state index contributed by atoms with van der Waals surface area (Å²) in [5.74, 6) is 0.804. The van der Waals surface area contributed by atoms with Crippen LogP contribution in [0.3, 0.4) is 0 Å². The summed E-state index contributed by atoms with van der Waals surface area (Å²) < 4.78 is 0. The van der Waals surface area contributed by atoms with E-state index in [1.807, 2.05) is 11.8 Å². The number of nitrogens with zero attached hydrogens (tertiary/aromatic N) is 1. The second kappa shape index (κ2) is 12.2. The highest BCUT2D eigenvalue weighted by Gasteiger charge is 2.09. The Morgan fingerprint density at radius 1 is 1.00 bits per heavy atom. The zero-order valence-corrected chi connectivity index (χ0v) is 12.3. The molecule has 0 saturated heterocycles. The number of hydrogen-bond donors (Lipinski definition) is 0. The van der Waals surface area contributed by atoms with Crippen LogP contribution in [0.15, 0.2) is 0 Å². The Kier molecular flexibility index (Phi) is 12.1. The lowest BCUT2D eigenvalue weighted by Crippen LogP contribution is -2.32. The Hall–Kier alpha value is -0.240. The molecule has 0 rings (SSSR count). The summed E-state index contributed by atoms with van der Waals surface area (Å²) >= 11 is 5.66. The van der Waals surface area contributed by atoms with Crippen LogP contribution in [-0.2, 0) is 4.79 Å². The topological polar surface area (TPSA) is 20.3 Å². The van der Waals surface area contributed by atoms with E-state index in [9.17, 15) is 4.79 Å². The molecular formula is C14H28ClNO. The average Bonchev–Trinajstić information content (AvgIpc) is 2.34. The van der Waals surface area contributed by atoms with Gasteiger partial charge in [0.15, 0.2) is 0 Å². The van der Waals surface area contributed by atoms with Crippen LogP contribution < -0.4 is 0 Å². The molecule has 0 bridgehead atoms. The molecule has 0 aliphatic rings. The highest BCUT2D eigenvalue weighted by Crippen LogP contribution is 2.09. The van der Waals surface area contributed by atoms with E-state index in [-0.39, 0.29) is 5.91 Å². The molecule has 17 heavy (non-hydrogen) atoms. The van der Waals surface area contributed by atoms with Crippen LogP contribution in [-0.4, -0.2) is 29.8 Å². The molecule has 0 saturated carbocycles. The van der Waals surface area contributed by atoms with E-state index in [1.54, 1.807) is 0 Å². The second-order valence-electron chi connectivity index (χ2n) is 4.53. The van der Waals surface area contributed by atoms with Crippen molar-refractivity contribution in [3.8, 4) is 0 Å². The van der Waals surface area contributed by atoms with Gasteiger partial charge in [-0.3, -0.25) is 4.79 Å². The van der Waals surface area contributed by atoms with Crippen LogP contribution in [0.5, 0.6) is 0 Å². The second-order valence-corrected chi connectivity index (χ2v) is 4.91. The smallest absolute Gasteiger partial charge is 0.222 e. The number of carbonyl (C=O) groups excluding carboxylic acids is 1. The molecule has 0 aliphatic carbocycles. The van der Waals surface area contributed by atoms with Gasteiger partial charge in [-0.15, -0.1) is 11.6 Å². The summed E-state index contributed by atoms with van der Waals surface area (Å²) in [5.41, 5.74) is 0. The molecule has 0 spiro atoms. The summed E-state index contributed by atoms with van der Waals surface area (Å²) in [6.07, 6.45) is 9.49. The average molecular weight is 262 g/mol. The van der Waals surface area contributed by atoms with Gasteiger partial charge in [0.25, 0.3) is 0 Å². The zero-order chi connectivity index (χ0) is 12.9. The van der Waals surface area contributed by atoms with Gasteiger partial charge in [-0.05, 0) is 13.3 Å². The SMILES string of the molecule is CCCCCCCCCC(=O)N(CC)CCCl. The number of carbonyl (C=O) groups is 1. The molecule has 3 heteroatoms. The third-order valence-corrected chi connectivity index (χ3v) is 3.25. The first-order valence-corrected chi connectivity index (χ1v) is 7.63. The maximum absolute atomic E-state index is 11.8. The Bertz CT molecular complexity index is 185. The van der Waals surface area contributed by atoms with Gasteiger partial charge in [-0.25, -0.2) is 0 Å². The molecule has 102 valence electrons. The minimum Gasteiger partial charge on any atom is -0.342 e. The minimum atomic E-state index is 0.265. The minimum absolute atomic E-state index is 0.265. The fourth-order valence-electron chi connectivity index (χ4n) is 1.95. The molecule has 2 nitrogen and oxygen atoms in total. The van der Waals surface area contributed by atoms with Gasteiger partial charge >= 0.3 is 0 Å². The lowest BCUT2D eigenvalue weighted by Gasteiger charge is -2.19. The van der Waals surface area contributed by atoms with Crippen LogP contribution in [0.1, 0.15) is 65.2 Å². The van der Waals surface area contributed by atoms with Gasteiger partial charge in [0, 0.05) is 25.4 Å². The maximum atomic E-state index is 11.8. The van der Waals surface area contributed by atoms with Crippen molar-refractivity contribution >= 4 is 17.5 Å². The molecule has 0 aromatic heterocycles. The summed E-state index contributed by atoms with van der Waals surface area (Å²) in [6.45, 7) is 5.71. The van der Waals surface area contributed by atoms with Crippen LogP contribution in [0.2, 0.25) is 0 Å².